The summed E-state index contributed by atoms with van der Waals surface area (Å²) in [6, 6.07) is 4.83. The van der Waals surface area contributed by atoms with E-state index in [0.29, 0.717) is 11.5 Å². The molecule has 0 aliphatic carbocycles. The first-order valence-electron chi connectivity index (χ1n) is 5.09. The van der Waals surface area contributed by atoms with Gasteiger partial charge in [-0.3, -0.25) is 4.79 Å². The molecule has 6 heteroatoms. The van der Waals surface area contributed by atoms with Crippen molar-refractivity contribution >= 4 is 23.1 Å². The van der Waals surface area contributed by atoms with E-state index in [1.165, 1.54) is 11.3 Å². The van der Waals surface area contributed by atoms with E-state index < -0.39 is 0 Å². The zero-order valence-electron chi connectivity index (χ0n) is 9.25. The Morgan fingerprint density at radius 1 is 1.53 bits per heavy atom. The van der Waals surface area contributed by atoms with Crippen LogP contribution in [0.4, 0.5) is 5.82 Å². The maximum absolute atomic E-state index is 11.9. The van der Waals surface area contributed by atoms with Gasteiger partial charge in [-0.15, -0.1) is 11.3 Å². The maximum atomic E-state index is 11.9. The summed E-state index contributed by atoms with van der Waals surface area (Å²) in [4.78, 5) is 19.9. The molecule has 0 bridgehead atoms. The Kier molecular flexibility index (Phi) is 3.34. The Balaban J connectivity index is 2.07. The molecule has 0 saturated heterocycles. The molecule has 1 atom stereocenters. The van der Waals surface area contributed by atoms with Crippen molar-refractivity contribution in [1.29, 1.82) is 0 Å². The zero-order chi connectivity index (χ0) is 12.3. The van der Waals surface area contributed by atoms with Crippen LogP contribution in [0.2, 0.25) is 0 Å². The van der Waals surface area contributed by atoms with Gasteiger partial charge in [0.2, 0.25) is 0 Å². The van der Waals surface area contributed by atoms with Crippen LogP contribution in [0.15, 0.2) is 29.8 Å². The number of carbonyl (C=O) groups is 1. The van der Waals surface area contributed by atoms with Crippen molar-refractivity contribution in [3.63, 3.8) is 0 Å². The molecule has 17 heavy (non-hydrogen) atoms. The van der Waals surface area contributed by atoms with Crippen LogP contribution in [0.5, 0.6) is 0 Å². The molecule has 0 aromatic carbocycles. The lowest BCUT2D eigenvalue weighted by atomic mass is 10.3. The fourth-order valence-corrected chi connectivity index (χ4v) is 2.00. The van der Waals surface area contributed by atoms with Gasteiger partial charge in [0.05, 0.1) is 6.04 Å². The third-order valence-electron chi connectivity index (χ3n) is 2.17. The van der Waals surface area contributed by atoms with Gasteiger partial charge in [0.25, 0.3) is 5.91 Å². The van der Waals surface area contributed by atoms with Crippen molar-refractivity contribution < 1.29 is 4.79 Å². The van der Waals surface area contributed by atoms with Gasteiger partial charge in [-0.05, 0) is 19.1 Å². The Morgan fingerprint density at radius 3 is 3.00 bits per heavy atom. The van der Waals surface area contributed by atoms with Crippen molar-refractivity contribution in [2.24, 2.45) is 0 Å². The van der Waals surface area contributed by atoms with E-state index in [1.54, 1.807) is 24.4 Å². The topological polar surface area (TPSA) is 80.9 Å². The van der Waals surface area contributed by atoms with Crippen molar-refractivity contribution in [2.45, 2.75) is 13.0 Å². The standard InChI is InChI=1S/C11H12N4OS/c1-7(11-13-5-6-17-11)14-10(16)8-3-2-4-9(12)15-8/h2-7H,1H3,(H2,12,15)(H,14,16). The van der Waals surface area contributed by atoms with Crippen LogP contribution in [0.25, 0.3) is 0 Å². The zero-order valence-corrected chi connectivity index (χ0v) is 10.1. The molecule has 0 saturated carbocycles. The number of anilines is 1. The number of rotatable bonds is 3. The monoisotopic (exact) mass is 248 g/mol. The Morgan fingerprint density at radius 2 is 2.35 bits per heavy atom. The predicted octanol–water partition coefficient (Wildman–Crippen LogP) is 1.61. The number of nitrogen functional groups attached to an aromatic ring is 1. The van der Waals surface area contributed by atoms with Gasteiger partial charge in [-0.25, -0.2) is 9.97 Å². The van der Waals surface area contributed by atoms with Gasteiger partial charge in [0, 0.05) is 11.6 Å². The van der Waals surface area contributed by atoms with Crippen molar-refractivity contribution in [3.8, 4) is 0 Å². The molecule has 2 heterocycles. The smallest absolute Gasteiger partial charge is 0.270 e. The summed E-state index contributed by atoms with van der Waals surface area (Å²) in [6.45, 7) is 1.88. The van der Waals surface area contributed by atoms with Crippen LogP contribution in [-0.2, 0) is 0 Å². The second-order valence-electron chi connectivity index (χ2n) is 3.51. The highest BCUT2D eigenvalue weighted by Crippen LogP contribution is 2.15. The number of nitrogens with zero attached hydrogens (tertiary/aromatic N) is 2. The number of nitrogens with one attached hydrogen (secondary N) is 1. The predicted molar refractivity (Wildman–Crippen MR) is 66.6 cm³/mol. The lowest BCUT2D eigenvalue weighted by molar-refractivity contribution is 0.0935. The number of nitrogens with two attached hydrogens (primary N) is 1. The highest BCUT2D eigenvalue weighted by molar-refractivity contribution is 7.09. The molecule has 1 amide bonds. The molecule has 3 N–H and O–H groups in total. The highest BCUT2D eigenvalue weighted by atomic mass is 32.1. The first-order chi connectivity index (χ1) is 8.16. The van der Waals surface area contributed by atoms with E-state index in [9.17, 15) is 4.79 Å². The second-order valence-corrected chi connectivity index (χ2v) is 4.44. The number of hydrogen-bond acceptors (Lipinski definition) is 5. The summed E-state index contributed by atoms with van der Waals surface area (Å²) in [5.41, 5.74) is 5.83. The minimum absolute atomic E-state index is 0.134. The molecule has 5 nitrogen and oxygen atoms in total. The third-order valence-corrected chi connectivity index (χ3v) is 3.13. The maximum Gasteiger partial charge on any atom is 0.270 e. The molecule has 0 aliphatic rings. The minimum Gasteiger partial charge on any atom is -0.384 e. The lowest BCUT2D eigenvalue weighted by Crippen LogP contribution is -2.27. The number of thiazole rings is 1. The summed E-state index contributed by atoms with van der Waals surface area (Å²) in [5, 5.41) is 5.55. The van der Waals surface area contributed by atoms with E-state index in [4.69, 9.17) is 5.73 Å². The lowest BCUT2D eigenvalue weighted by Gasteiger charge is -2.10. The first kappa shape index (κ1) is 11.5. The Hall–Kier alpha value is -1.95. The molecule has 2 aromatic rings. The molecular weight excluding hydrogens is 236 g/mol. The first-order valence-corrected chi connectivity index (χ1v) is 5.97. The molecule has 2 rings (SSSR count). The highest BCUT2D eigenvalue weighted by Gasteiger charge is 2.14. The summed E-state index contributed by atoms with van der Waals surface area (Å²) in [5.74, 6) is 0.0829. The van der Waals surface area contributed by atoms with Gasteiger partial charge < -0.3 is 11.1 Å². The quantitative estimate of drug-likeness (QED) is 0.864. The van der Waals surface area contributed by atoms with Gasteiger partial charge in [-0.2, -0.15) is 0 Å². The van der Waals surface area contributed by atoms with E-state index in [0.717, 1.165) is 5.01 Å². The van der Waals surface area contributed by atoms with Gasteiger partial charge in [0.15, 0.2) is 0 Å². The molecule has 2 aromatic heterocycles. The number of amides is 1. The number of aromatic nitrogens is 2. The van der Waals surface area contributed by atoms with Gasteiger partial charge in [0.1, 0.15) is 16.5 Å². The van der Waals surface area contributed by atoms with Crippen LogP contribution in [-0.4, -0.2) is 15.9 Å². The van der Waals surface area contributed by atoms with Crippen molar-refractivity contribution in [3.05, 3.63) is 40.5 Å². The van der Waals surface area contributed by atoms with Crippen molar-refractivity contribution in [2.75, 3.05) is 5.73 Å². The summed E-state index contributed by atoms with van der Waals surface area (Å²) in [7, 11) is 0. The molecule has 0 fully saturated rings. The molecular formula is C11H12N4OS. The average molecular weight is 248 g/mol. The Bertz CT molecular complexity index is 512. The van der Waals surface area contributed by atoms with Crippen molar-refractivity contribution in [1.82, 2.24) is 15.3 Å². The van der Waals surface area contributed by atoms with Crippen LogP contribution < -0.4 is 11.1 Å². The second kappa shape index (κ2) is 4.92. The van der Waals surface area contributed by atoms with Crippen LogP contribution in [0.3, 0.4) is 0 Å². The summed E-state index contributed by atoms with van der Waals surface area (Å²) >= 11 is 1.50. The third kappa shape index (κ3) is 2.79. The number of hydrogen-bond donors (Lipinski definition) is 2. The molecule has 88 valence electrons. The number of pyridine rings is 1. The van der Waals surface area contributed by atoms with Crippen LogP contribution in [0, 0.1) is 0 Å². The largest absolute Gasteiger partial charge is 0.384 e. The van der Waals surface area contributed by atoms with Gasteiger partial charge in [-0.1, -0.05) is 6.07 Å². The normalized spacial score (nSPS) is 12.1. The van der Waals surface area contributed by atoms with Gasteiger partial charge >= 0.3 is 0 Å². The molecule has 1 unspecified atom stereocenters. The molecule has 0 aliphatic heterocycles. The molecule has 0 radical (unpaired) electrons. The molecule has 0 spiro atoms. The van der Waals surface area contributed by atoms with E-state index in [-0.39, 0.29) is 11.9 Å². The SMILES string of the molecule is CC(NC(=O)c1cccc(N)n1)c1nccs1. The minimum atomic E-state index is -0.250. The van der Waals surface area contributed by atoms with Crippen LogP contribution >= 0.6 is 11.3 Å². The summed E-state index contributed by atoms with van der Waals surface area (Å²) in [6.07, 6.45) is 1.71. The summed E-state index contributed by atoms with van der Waals surface area (Å²) < 4.78 is 0. The van der Waals surface area contributed by atoms with E-state index >= 15 is 0 Å². The number of carbonyl (C=O) groups excluding carboxylic acids is 1. The average Bonchev–Trinajstić information content (AvgIpc) is 2.82. The van der Waals surface area contributed by atoms with E-state index in [1.807, 2.05) is 12.3 Å². The fourth-order valence-electron chi connectivity index (χ4n) is 1.36. The van der Waals surface area contributed by atoms with E-state index in [2.05, 4.69) is 15.3 Å². The fraction of sp³-hybridized carbons (Fsp3) is 0.182. The Labute approximate surface area is 103 Å². The van der Waals surface area contributed by atoms with Crippen LogP contribution in [0.1, 0.15) is 28.5 Å².